The second-order valence-corrected chi connectivity index (χ2v) is 9.21. The Kier molecular flexibility index (Phi) is 6.29. The molecule has 3 aromatic heterocycles. The zero-order valence-corrected chi connectivity index (χ0v) is 19.3. The van der Waals surface area contributed by atoms with Crippen LogP contribution in [0.25, 0.3) is 22.1 Å². The predicted molar refractivity (Wildman–Crippen MR) is 131 cm³/mol. The minimum atomic E-state index is 0.658. The molecule has 0 spiro atoms. The van der Waals surface area contributed by atoms with Crippen LogP contribution in [0, 0.1) is 0 Å². The van der Waals surface area contributed by atoms with Crippen LogP contribution >= 0.6 is 34.7 Å². The Labute approximate surface area is 199 Å². The molecule has 158 valence electrons. The SMILES string of the molecule is Clc1ccccc1-c1nnc(SCc2csc(-c3ccccn3)n2)n1Cc1ccccc1. The Bertz CT molecular complexity index is 1320. The molecule has 0 aliphatic carbocycles. The Morgan fingerprint density at radius 3 is 2.53 bits per heavy atom. The molecule has 0 amide bonds. The first-order valence-corrected chi connectivity index (χ1v) is 12.2. The molecule has 2 aromatic carbocycles. The van der Waals surface area contributed by atoms with Gasteiger partial charge < -0.3 is 0 Å². The summed E-state index contributed by atoms with van der Waals surface area (Å²) in [6.07, 6.45) is 1.79. The van der Waals surface area contributed by atoms with Crippen LogP contribution < -0.4 is 0 Å². The van der Waals surface area contributed by atoms with Crippen molar-refractivity contribution in [2.45, 2.75) is 17.5 Å². The summed E-state index contributed by atoms with van der Waals surface area (Å²) in [4.78, 5) is 9.13. The summed E-state index contributed by atoms with van der Waals surface area (Å²) in [5, 5.41) is 13.5. The first kappa shape index (κ1) is 20.9. The van der Waals surface area contributed by atoms with Crippen LogP contribution in [0.2, 0.25) is 5.02 Å². The second-order valence-electron chi connectivity index (χ2n) is 7.01. The topological polar surface area (TPSA) is 56.5 Å². The van der Waals surface area contributed by atoms with E-state index in [-0.39, 0.29) is 0 Å². The summed E-state index contributed by atoms with van der Waals surface area (Å²) in [6, 6.07) is 23.9. The van der Waals surface area contributed by atoms with E-state index in [9.17, 15) is 0 Å². The molecule has 5 aromatic rings. The van der Waals surface area contributed by atoms with Gasteiger partial charge in [-0.2, -0.15) is 0 Å². The summed E-state index contributed by atoms with van der Waals surface area (Å²) in [5.74, 6) is 1.45. The van der Waals surface area contributed by atoms with E-state index in [0.29, 0.717) is 17.3 Å². The van der Waals surface area contributed by atoms with Crippen molar-refractivity contribution in [3.63, 3.8) is 0 Å². The van der Waals surface area contributed by atoms with Crippen LogP contribution in [-0.4, -0.2) is 24.7 Å². The molecule has 0 radical (unpaired) electrons. The molecule has 0 aliphatic heterocycles. The van der Waals surface area contributed by atoms with Crippen molar-refractivity contribution in [3.05, 3.63) is 101 Å². The van der Waals surface area contributed by atoms with Crippen molar-refractivity contribution >= 4 is 34.7 Å². The van der Waals surface area contributed by atoms with Gasteiger partial charge in [-0.25, -0.2) is 4.98 Å². The third kappa shape index (κ3) is 4.60. The maximum absolute atomic E-state index is 6.47. The average molecular weight is 476 g/mol. The van der Waals surface area contributed by atoms with Gasteiger partial charge in [0.1, 0.15) is 5.01 Å². The van der Waals surface area contributed by atoms with Gasteiger partial charge in [0, 0.05) is 22.9 Å². The van der Waals surface area contributed by atoms with Crippen LogP contribution in [0.4, 0.5) is 0 Å². The van der Waals surface area contributed by atoms with E-state index in [1.807, 2.05) is 60.7 Å². The molecule has 3 heterocycles. The van der Waals surface area contributed by atoms with E-state index in [1.54, 1.807) is 29.3 Å². The molecule has 0 aliphatic rings. The molecule has 8 heteroatoms. The lowest BCUT2D eigenvalue weighted by Gasteiger charge is -2.11. The molecule has 0 fully saturated rings. The van der Waals surface area contributed by atoms with E-state index < -0.39 is 0 Å². The Morgan fingerprint density at radius 2 is 1.72 bits per heavy atom. The zero-order valence-electron chi connectivity index (χ0n) is 16.9. The number of pyridine rings is 1. The molecule has 0 unspecified atom stereocenters. The smallest absolute Gasteiger partial charge is 0.192 e. The number of hydrogen-bond donors (Lipinski definition) is 0. The molecule has 0 saturated heterocycles. The van der Waals surface area contributed by atoms with Crippen LogP contribution in [0.5, 0.6) is 0 Å². The fourth-order valence-electron chi connectivity index (χ4n) is 3.26. The van der Waals surface area contributed by atoms with Gasteiger partial charge in [-0.15, -0.1) is 21.5 Å². The number of nitrogens with zero attached hydrogens (tertiary/aromatic N) is 5. The highest BCUT2D eigenvalue weighted by atomic mass is 35.5. The fraction of sp³-hybridized carbons (Fsp3) is 0.0833. The van der Waals surface area contributed by atoms with Gasteiger partial charge in [0.15, 0.2) is 11.0 Å². The van der Waals surface area contributed by atoms with Gasteiger partial charge in [-0.1, -0.05) is 71.9 Å². The van der Waals surface area contributed by atoms with Gasteiger partial charge in [0.05, 0.1) is 23.0 Å². The number of rotatable bonds is 7. The average Bonchev–Trinajstić information content (AvgIpc) is 3.47. The van der Waals surface area contributed by atoms with E-state index >= 15 is 0 Å². The summed E-state index contributed by atoms with van der Waals surface area (Å²) < 4.78 is 2.12. The van der Waals surface area contributed by atoms with Crippen LogP contribution in [-0.2, 0) is 12.3 Å². The predicted octanol–water partition coefficient (Wildman–Crippen LogP) is 6.46. The highest BCUT2D eigenvalue weighted by Gasteiger charge is 2.17. The minimum Gasteiger partial charge on any atom is -0.297 e. The second kappa shape index (κ2) is 9.65. The lowest BCUT2D eigenvalue weighted by atomic mass is 10.2. The fourth-order valence-corrected chi connectivity index (χ4v) is 5.22. The van der Waals surface area contributed by atoms with Crippen molar-refractivity contribution in [1.82, 2.24) is 24.7 Å². The van der Waals surface area contributed by atoms with Crippen molar-refractivity contribution in [2.24, 2.45) is 0 Å². The Balaban J connectivity index is 1.42. The quantitative estimate of drug-likeness (QED) is 0.253. The molecule has 0 N–H and O–H groups in total. The number of halogens is 1. The lowest BCUT2D eigenvalue weighted by Crippen LogP contribution is -2.04. The Morgan fingerprint density at radius 1 is 0.906 bits per heavy atom. The van der Waals surface area contributed by atoms with Crippen molar-refractivity contribution < 1.29 is 0 Å². The molecular formula is C24H18ClN5S2. The lowest BCUT2D eigenvalue weighted by molar-refractivity contribution is 0.714. The van der Waals surface area contributed by atoms with E-state index in [4.69, 9.17) is 16.6 Å². The number of aromatic nitrogens is 5. The maximum Gasteiger partial charge on any atom is 0.192 e. The highest BCUT2D eigenvalue weighted by Crippen LogP contribution is 2.32. The summed E-state index contributed by atoms with van der Waals surface area (Å²) >= 11 is 9.70. The molecule has 0 bridgehead atoms. The van der Waals surface area contributed by atoms with Gasteiger partial charge in [-0.3, -0.25) is 9.55 Å². The van der Waals surface area contributed by atoms with E-state index in [1.165, 1.54) is 5.56 Å². The minimum absolute atomic E-state index is 0.658. The molecule has 5 rings (SSSR count). The van der Waals surface area contributed by atoms with Crippen LogP contribution in [0.3, 0.4) is 0 Å². The summed E-state index contributed by atoms with van der Waals surface area (Å²) in [5.41, 5.74) is 3.93. The zero-order chi connectivity index (χ0) is 21.8. The number of thiazole rings is 1. The van der Waals surface area contributed by atoms with E-state index in [0.717, 1.165) is 32.9 Å². The largest absolute Gasteiger partial charge is 0.297 e. The third-order valence-corrected chi connectivity index (χ3v) is 7.04. The molecule has 32 heavy (non-hydrogen) atoms. The molecule has 0 saturated carbocycles. The number of hydrogen-bond acceptors (Lipinski definition) is 6. The molecule has 0 atom stereocenters. The molecule has 5 nitrogen and oxygen atoms in total. The number of thioether (sulfide) groups is 1. The maximum atomic E-state index is 6.47. The summed E-state index contributed by atoms with van der Waals surface area (Å²) in [6.45, 7) is 0.660. The first-order chi connectivity index (χ1) is 15.8. The number of benzene rings is 2. The first-order valence-electron chi connectivity index (χ1n) is 9.98. The van der Waals surface area contributed by atoms with Crippen LogP contribution in [0.15, 0.2) is 89.5 Å². The van der Waals surface area contributed by atoms with Gasteiger partial charge in [0.25, 0.3) is 0 Å². The highest BCUT2D eigenvalue weighted by molar-refractivity contribution is 7.98. The van der Waals surface area contributed by atoms with Crippen molar-refractivity contribution in [1.29, 1.82) is 0 Å². The van der Waals surface area contributed by atoms with Gasteiger partial charge >= 0.3 is 0 Å². The Hall–Kier alpha value is -3.00. The standard InChI is InChI=1S/C24H18ClN5S2/c25-20-11-5-4-10-19(20)22-28-29-24(30(22)14-17-8-2-1-3-9-17)32-16-18-15-31-23(27-18)21-12-6-7-13-26-21/h1-13,15H,14,16H2. The monoisotopic (exact) mass is 475 g/mol. The summed E-state index contributed by atoms with van der Waals surface area (Å²) in [7, 11) is 0. The third-order valence-electron chi connectivity index (χ3n) is 4.80. The van der Waals surface area contributed by atoms with Crippen molar-refractivity contribution in [2.75, 3.05) is 0 Å². The van der Waals surface area contributed by atoms with Crippen molar-refractivity contribution in [3.8, 4) is 22.1 Å². The van der Waals surface area contributed by atoms with Gasteiger partial charge in [-0.05, 0) is 29.8 Å². The van der Waals surface area contributed by atoms with Crippen LogP contribution in [0.1, 0.15) is 11.3 Å². The van der Waals surface area contributed by atoms with Gasteiger partial charge in [0.2, 0.25) is 0 Å². The normalized spacial score (nSPS) is 11.0. The van der Waals surface area contributed by atoms with E-state index in [2.05, 4.69) is 37.3 Å². The molecular weight excluding hydrogens is 458 g/mol.